The van der Waals surface area contributed by atoms with E-state index in [1.54, 1.807) is 77.3 Å². The number of ether oxygens (including phenoxy) is 1. The van der Waals surface area contributed by atoms with Gasteiger partial charge in [0, 0.05) is 56.4 Å². The average Bonchev–Trinajstić information content (AvgIpc) is 3.50. The third-order valence-corrected chi connectivity index (χ3v) is 5.00. The van der Waals surface area contributed by atoms with E-state index in [4.69, 9.17) is 4.74 Å². The van der Waals surface area contributed by atoms with Gasteiger partial charge < -0.3 is 15.0 Å². The minimum absolute atomic E-state index is 0.0896. The summed E-state index contributed by atoms with van der Waals surface area (Å²) < 4.78 is 8.37. The summed E-state index contributed by atoms with van der Waals surface area (Å²) in [6, 6.07) is 9.91. The summed E-state index contributed by atoms with van der Waals surface area (Å²) in [4.78, 5) is 27.6. The number of hydrogen-bond donors (Lipinski definition) is 1. The van der Waals surface area contributed by atoms with Crippen molar-refractivity contribution < 1.29 is 14.3 Å². The summed E-state index contributed by atoms with van der Waals surface area (Å²) in [5.74, 6) is -0.281. The molecule has 0 spiro atoms. The lowest BCUT2D eigenvalue weighted by molar-refractivity contribution is -0.121. The van der Waals surface area contributed by atoms with E-state index in [1.165, 1.54) is 0 Å². The summed E-state index contributed by atoms with van der Waals surface area (Å²) in [5.41, 5.74) is 1.31. The first kappa shape index (κ1) is 22.2. The van der Waals surface area contributed by atoms with Crippen LogP contribution in [0, 0.1) is 0 Å². The van der Waals surface area contributed by atoms with Gasteiger partial charge in [-0.3, -0.25) is 19.0 Å². The quantitative estimate of drug-likeness (QED) is 0.505. The molecule has 0 radical (unpaired) electrons. The molecule has 0 saturated carbocycles. The van der Waals surface area contributed by atoms with Crippen molar-refractivity contribution in [1.29, 1.82) is 0 Å². The van der Waals surface area contributed by atoms with Crippen LogP contribution >= 0.6 is 0 Å². The highest BCUT2D eigenvalue weighted by Gasteiger charge is 2.24. The number of benzene rings is 1. The van der Waals surface area contributed by atoms with E-state index in [-0.39, 0.29) is 11.8 Å². The number of nitrogens with zero attached hydrogens (tertiary/aromatic N) is 5. The number of carbonyl (C=O) groups is 2. The second-order valence-corrected chi connectivity index (χ2v) is 7.20. The second-order valence-electron chi connectivity index (χ2n) is 7.20. The first-order valence-electron chi connectivity index (χ1n) is 10.2. The van der Waals surface area contributed by atoms with Crippen LogP contribution in [0.2, 0.25) is 0 Å². The van der Waals surface area contributed by atoms with E-state index in [9.17, 15) is 9.59 Å². The number of rotatable bonds is 10. The van der Waals surface area contributed by atoms with E-state index in [2.05, 4.69) is 15.5 Å². The van der Waals surface area contributed by atoms with Crippen molar-refractivity contribution in [3.8, 4) is 0 Å². The molecule has 2 aromatic heterocycles. The maximum Gasteiger partial charge on any atom is 0.251 e. The Balaban J connectivity index is 1.78. The topological polar surface area (TPSA) is 94.3 Å². The van der Waals surface area contributed by atoms with Crippen molar-refractivity contribution in [3.05, 3.63) is 61.2 Å². The second kappa shape index (κ2) is 10.5. The lowest BCUT2D eigenvalue weighted by Gasteiger charge is -2.26. The molecule has 0 unspecified atom stereocenters. The zero-order valence-corrected chi connectivity index (χ0v) is 18.0. The van der Waals surface area contributed by atoms with E-state index in [1.807, 2.05) is 19.1 Å². The third kappa shape index (κ3) is 5.58. The molecule has 2 atom stereocenters. The fourth-order valence-corrected chi connectivity index (χ4v) is 3.21. The molecule has 3 rings (SSSR count). The molecule has 3 aromatic rings. The monoisotopic (exact) mass is 424 g/mol. The van der Waals surface area contributed by atoms with E-state index in [0.29, 0.717) is 30.9 Å². The molecule has 9 heteroatoms. The van der Waals surface area contributed by atoms with Gasteiger partial charge in [0.15, 0.2) is 0 Å². The fraction of sp³-hybridized carbons (Fsp3) is 0.364. The Hall–Kier alpha value is -3.46. The highest BCUT2D eigenvalue weighted by atomic mass is 16.5. The van der Waals surface area contributed by atoms with Crippen molar-refractivity contribution >= 4 is 23.2 Å². The van der Waals surface area contributed by atoms with Crippen molar-refractivity contribution in [3.63, 3.8) is 0 Å². The summed E-state index contributed by atoms with van der Waals surface area (Å²) in [7, 11) is 1.63. The largest absolute Gasteiger partial charge is 0.385 e. The smallest absolute Gasteiger partial charge is 0.251 e. The van der Waals surface area contributed by atoms with Crippen LogP contribution in [0.1, 0.15) is 32.4 Å². The first-order chi connectivity index (χ1) is 15.0. The molecule has 0 aliphatic rings. The predicted octanol–water partition coefficient (Wildman–Crippen LogP) is 2.91. The maximum absolute atomic E-state index is 13.3. The standard InChI is InChI=1S/C22H28N6O3/c1-17(27-13-5-10-23-27)21(29)25-19-8-4-9-20(16-19)26(12-7-15-31-3)22(30)18(2)28-14-6-11-24-28/h4-6,8-11,13-14,16-18H,7,12,15H2,1-3H3,(H,25,29)/t17-,18-/m1/s1. The lowest BCUT2D eigenvalue weighted by atomic mass is 10.2. The van der Waals surface area contributed by atoms with Crippen LogP contribution in [-0.2, 0) is 14.3 Å². The Morgan fingerprint density at radius 1 is 1.06 bits per heavy atom. The van der Waals surface area contributed by atoms with Crippen LogP contribution in [0.3, 0.4) is 0 Å². The van der Waals surface area contributed by atoms with Crippen LogP contribution in [0.5, 0.6) is 0 Å². The van der Waals surface area contributed by atoms with Crippen LogP contribution in [0.25, 0.3) is 0 Å². The van der Waals surface area contributed by atoms with Gasteiger partial charge in [0.2, 0.25) is 5.91 Å². The Morgan fingerprint density at radius 2 is 1.74 bits per heavy atom. The predicted molar refractivity (Wildman–Crippen MR) is 118 cm³/mol. The number of nitrogens with one attached hydrogen (secondary N) is 1. The molecule has 0 saturated heterocycles. The summed E-state index contributed by atoms with van der Waals surface area (Å²) in [6.07, 6.45) is 7.47. The normalized spacial score (nSPS) is 12.9. The molecule has 164 valence electrons. The zero-order chi connectivity index (χ0) is 22.2. The third-order valence-electron chi connectivity index (χ3n) is 5.00. The summed E-state index contributed by atoms with van der Waals surface area (Å²) in [6.45, 7) is 4.62. The average molecular weight is 425 g/mol. The van der Waals surface area contributed by atoms with Gasteiger partial charge in [0.05, 0.1) is 0 Å². The minimum Gasteiger partial charge on any atom is -0.385 e. The van der Waals surface area contributed by atoms with Crippen LogP contribution in [0.15, 0.2) is 61.2 Å². The van der Waals surface area contributed by atoms with Gasteiger partial charge in [-0.05, 0) is 50.6 Å². The van der Waals surface area contributed by atoms with E-state index in [0.717, 1.165) is 0 Å². The zero-order valence-electron chi connectivity index (χ0n) is 18.0. The molecular weight excluding hydrogens is 396 g/mol. The molecule has 0 aliphatic carbocycles. The molecule has 1 N–H and O–H groups in total. The number of carbonyl (C=O) groups excluding carboxylic acids is 2. The molecule has 0 aliphatic heterocycles. The Bertz CT molecular complexity index is 971. The minimum atomic E-state index is -0.462. The van der Waals surface area contributed by atoms with Gasteiger partial charge >= 0.3 is 0 Å². The van der Waals surface area contributed by atoms with Gasteiger partial charge in [-0.2, -0.15) is 10.2 Å². The number of methoxy groups -OCH3 is 1. The summed E-state index contributed by atoms with van der Waals surface area (Å²) in [5, 5.41) is 11.2. The fourth-order valence-electron chi connectivity index (χ4n) is 3.21. The maximum atomic E-state index is 13.3. The molecular formula is C22H28N6O3. The van der Waals surface area contributed by atoms with Gasteiger partial charge in [0.1, 0.15) is 12.1 Å². The van der Waals surface area contributed by atoms with Gasteiger partial charge in [-0.25, -0.2) is 0 Å². The van der Waals surface area contributed by atoms with E-state index >= 15 is 0 Å². The first-order valence-corrected chi connectivity index (χ1v) is 10.2. The molecule has 1 aromatic carbocycles. The Morgan fingerprint density at radius 3 is 2.35 bits per heavy atom. The van der Waals surface area contributed by atoms with E-state index < -0.39 is 12.1 Å². The van der Waals surface area contributed by atoms with Gasteiger partial charge in [0.25, 0.3) is 5.91 Å². The molecule has 2 heterocycles. The molecule has 2 amide bonds. The highest BCUT2D eigenvalue weighted by Crippen LogP contribution is 2.23. The molecule has 0 fully saturated rings. The lowest BCUT2D eigenvalue weighted by Crippen LogP contribution is -2.37. The van der Waals surface area contributed by atoms with Crippen LogP contribution in [0.4, 0.5) is 11.4 Å². The number of aromatic nitrogens is 4. The van der Waals surface area contributed by atoms with Crippen molar-refractivity contribution in [1.82, 2.24) is 19.6 Å². The Labute approximate surface area is 181 Å². The number of anilines is 2. The molecule has 31 heavy (non-hydrogen) atoms. The highest BCUT2D eigenvalue weighted by molar-refractivity contribution is 5.98. The molecule has 0 bridgehead atoms. The van der Waals surface area contributed by atoms with Crippen molar-refractivity contribution in [2.24, 2.45) is 0 Å². The van der Waals surface area contributed by atoms with Crippen molar-refractivity contribution in [2.75, 3.05) is 30.5 Å². The number of amides is 2. The Kier molecular flexibility index (Phi) is 7.55. The van der Waals surface area contributed by atoms with Crippen LogP contribution < -0.4 is 10.2 Å². The van der Waals surface area contributed by atoms with Crippen LogP contribution in [-0.4, -0.2) is 51.6 Å². The van der Waals surface area contributed by atoms with Gasteiger partial charge in [-0.1, -0.05) is 6.07 Å². The van der Waals surface area contributed by atoms with Crippen molar-refractivity contribution in [2.45, 2.75) is 32.4 Å². The summed E-state index contributed by atoms with van der Waals surface area (Å²) >= 11 is 0. The number of hydrogen-bond acceptors (Lipinski definition) is 5. The molecule has 9 nitrogen and oxygen atoms in total. The van der Waals surface area contributed by atoms with Gasteiger partial charge in [-0.15, -0.1) is 0 Å². The SMILES string of the molecule is COCCCN(C(=O)[C@@H](C)n1cccn1)c1cccc(NC(=O)[C@@H](C)n2cccn2)c1.